The lowest BCUT2D eigenvalue weighted by Crippen LogP contribution is -2.29. The molecule has 106 valence electrons. The van der Waals surface area contributed by atoms with Gasteiger partial charge in [0.2, 0.25) is 0 Å². The Labute approximate surface area is 131 Å². The third-order valence-corrected chi connectivity index (χ3v) is 4.20. The molecule has 0 aromatic heterocycles. The summed E-state index contributed by atoms with van der Waals surface area (Å²) in [6.07, 6.45) is 0. The first-order chi connectivity index (χ1) is 9.97. The Bertz CT molecular complexity index is 750. The van der Waals surface area contributed by atoms with Gasteiger partial charge in [0, 0.05) is 4.47 Å². The number of hydrogen-bond donors (Lipinski definition) is 0. The fourth-order valence-electron chi connectivity index (χ4n) is 2.72. The van der Waals surface area contributed by atoms with E-state index in [0.717, 1.165) is 26.9 Å². The zero-order valence-electron chi connectivity index (χ0n) is 11.8. The van der Waals surface area contributed by atoms with Crippen LogP contribution in [0.5, 0.6) is 0 Å². The number of fused-ring (bicyclic) bond motifs is 1. The first-order valence-corrected chi connectivity index (χ1v) is 7.48. The molecular weight excluding hydrogens is 330 g/mol. The summed E-state index contributed by atoms with van der Waals surface area (Å²) >= 11 is 3.39. The topological polar surface area (TPSA) is 37.4 Å². The second-order valence-electron chi connectivity index (χ2n) is 5.32. The van der Waals surface area contributed by atoms with Crippen LogP contribution >= 0.6 is 15.9 Å². The minimum absolute atomic E-state index is 0.403. The van der Waals surface area contributed by atoms with E-state index in [4.69, 9.17) is 0 Å². The van der Waals surface area contributed by atoms with Crippen molar-refractivity contribution in [3.63, 3.8) is 0 Å². The van der Waals surface area contributed by atoms with Gasteiger partial charge in [-0.1, -0.05) is 34.1 Å². The predicted molar refractivity (Wildman–Crippen MR) is 85.6 cm³/mol. The highest BCUT2D eigenvalue weighted by atomic mass is 79.9. The van der Waals surface area contributed by atoms with Crippen molar-refractivity contribution < 1.29 is 9.59 Å². The molecule has 0 saturated carbocycles. The monoisotopic (exact) mass is 343 g/mol. The molecule has 0 unspecified atom stereocenters. The molecule has 4 heteroatoms. The molecule has 0 saturated heterocycles. The number of ketones is 1. The molecule has 1 aliphatic rings. The third-order valence-electron chi connectivity index (χ3n) is 3.67. The number of nitrogens with zero attached hydrogens (tertiary/aromatic N) is 1. The van der Waals surface area contributed by atoms with Gasteiger partial charge in [0.15, 0.2) is 0 Å². The van der Waals surface area contributed by atoms with E-state index in [0.29, 0.717) is 12.1 Å². The first kappa shape index (κ1) is 14.0. The Morgan fingerprint density at radius 2 is 1.71 bits per heavy atom. The summed E-state index contributed by atoms with van der Waals surface area (Å²) < 4.78 is 0.988. The maximum absolute atomic E-state index is 12.3. The van der Waals surface area contributed by atoms with E-state index in [9.17, 15) is 9.59 Å². The SMILES string of the molecule is Cc1cc(C)c2c(c1)N(Cc1ccc(Br)cc1)C(=O)C2=O. The van der Waals surface area contributed by atoms with Crippen molar-refractivity contribution >= 4 is 33.3 Å². The molecule has 1 aliphatic heterocycles. The van der Waals surface area contributed by atoms with Gasteiger partial charge in [-0.05, 0) is 48.7 Å². The molecule has 0 atom stereocenters. The number of carbonyl (C=O) groups excluding carboxylic acids is 2. The summed E-state index contributed by atoms with van der Waals surface area (Å²) in [6.45, 7) is 4.26. The summed E-state index contributed by atoms with van der Waals surface area (Å²) in [6, 6.07) is 11.6. The number of amides is 1. The van der Waals surface area contributed by atoms with Crippen LogP contribution in [-0.4, -0.2) is 11.7 Å². The van der Waals surface area contributed by atoms with Gasteiger partial charge < -0.3 is 4.90 Å². The summed E-state index contributed by atoms with van der Waals surface area (Å²) in [5.74, 6) is -0.846. The lowest BCUT2D eigenvalue weighted by Gasteiger charge is -2.17. The van der Waals surface area contributed by atoms with Crippen molar-refractivity contribution in [2.45, 2.75) is 20.4 Å². The van der Waals surface area contributed by atoms with Crippen LogP contribution < -0.4 is 4.90 Å². The fourth-order valence-corrected chi connectivity index (χ4v) is 2.99. The maximum atomic E-state index is 12.3. The normalized spacial score (nSPS) is 13.8. The third kappa shape index (κ3) is 2.40. The highest BCUT2D eigenvalue weighted by Crippen LogP contribution is 2.33. The Hall–Kier alpha value is -1.94. The van der Waals surface area contributed by atoms with Crippen molar-refractivity contribution in [3.8, 4) is 0 Å². The summed E-state index contributed by atoms with van der Waals surface area (Å²) in [4.78, 5) is 26.0. The second-order valence-corrected chi connectivity index (χ2v) is 6.24. The van der Waals surface area contributed by atoms with Crippen LogP contribution in [-0.2, 0) is 11.3 Å². The maximum Gasteiger partial charge on any atom is 0.299 e. The van der Waals surface area contributed by atoms with Crippen molar-refractivity contribution in [3.05, 3.63) is 63.1 Å². The number of aryl methyl sites for hydroxylation is 2. The molecule has 1 amide bonds. The first-order valence-electron chi connectivity index (χ1n) is 6.69. The van der Waals surface area contributed by atoms with Gasteiger partial charge in [0.25, 0.3) is 11.7 Å². The number of carbonyl (C=O) groups is 2. The molecular formula is C17H14BrNO2. The predicted octanol–water partition coefficient (Wildman–Crippen LogP) is 3.80. The molecule has 0 N–H and O–H groups in total. The molecule has 0 bridgehead atoms. The number of halogens is 1. The van der Waals surface area contributed by atoms with Crippen LogP contribution in [0.3, 0.4) is 0 Å². The van der Waals surface area contributed by atoms with Crippen molar-refractivity contribution in [1.29, 1.82) is 0 Å². The van der Waals surface area contributed by atoms with Crippen molar-refractivity contribution in [1.82, 2.24) is 0 Å². The van der Waals surface area contributed by atoms with Crippen LogP contribution in [0.4, 0.5) is 5.69 Å². The largest absolute Gasteiger partial charge is 0.300 e. The van der Waals surface area contributed by atoms with Crippen LogP contribution in [0.1, 0.15) is 27.0 Å². The molecule has 0 radical (unpaired) electrons. The highest BCUT2D eigenvalue weighted by Gasteiger charge is 2.37. The Morgan fingerprint density at radius 3 is 2.38 bits per heavy atom. The van der Waals surface area contributed by atoms with E-state index in [1.807, 2.05) is 50.2 Å². The van der Waals surface area contributed by atoms with Gasteiger partial charge in [-0.15, -0.1) is 0 Å². The van der Waals surface area contributed by atoms with E-state index in [1.165, 1.54) is 0 Å². The molecule has 1 heterocycles. The zero-order chi connectivity index (χ0) is 15.1. The van der Waals surface area contributed by atoms with Crippen LogP contribution in [0.2, 0.25) is 0 Å². The Kier molecular flexibility index (Phi) is 3.41. The van der Waals surface area contributed by atoms with E-state index in [2.05, 4.69) is 15.9 Å². The Morgan fingerprint density at radius 1 is 1.05 bits per heavy atom. The smallest absolute Gasteiger partial charge is 0.299 e. The minimum Gasteiger partial charge on any atom is -0.300 e. The molecule has 3 rings (SSSR count). The van der Waals surface area contributed by atoms with Crippen molar-refractivity contribution in [2.24, 2.45) is 0 Å². The number of hydrogen-bond acceptors (Lipinski definition) is 2. The average molecular weight is 344 g/mol. The van der Waals surface area contributed by atoms with E-state index in [1.54, 1.807) is 4.90 Å². The summed E-state index contributed by atoms with van der Waals surface area (Å²) in [5, 5.41) is 0. The highest BCUT2D eigenvalue weighted by molar-refractivity contribution is 9.10. The summed E-state index contributed by atoms with van der Waals surface area (Å²) in [5.41, 5.74) is 4.18. The van der Waals surface area contributed by atoms with Gasteiger partial charge in [-0.2, -0.15) is 0 Å². The van der Waals surface area contributed by atoms with Gasteiger partial charge in [0.1, 0.15) is 0 Å². The lowest BCUT2D eigenvalue weighted by atomic mass is 10.0. The van der Waals surface area contributed by atoms with E-state index < -0.39 is 11.7 Å². The van der Waals surface area contributed by atoms with Crippen molar-refractivity contribution in [2.75, 3.05) is 4.90 Å². The minimum atomic E-state index is -0.443. The van der Waals surface area contributed by atoms with E-state index in [-0.39, 0.29) is 0 Å². The van der Waals surface area contributed by atoms with Gasteiger partial charge >= 0.3 is 0 Å². The lowest BCUT2D eigenvalue weighted by molar-refractivity contribution is -0.114. The van der Waals surface area contributed by atoms with Crippen LogP contribution in [0.25, 0.3) is 0 Å². The number of anilines is 1. The molecule has 0 aliphatic carbocycles. The molecule has 21 heavy (non-hydrogen) atoms. The van der Waals surface area contributed by atoms with E-state index >= 15 is 0 Å². The Balaban J connectivity index is 2.03. The zero-order valence-corrected chi connectivity index (χ0v) is 13.4. The van der Waals surface area contributed by atoms with Crippen LogP contribution in [0.15, 0.2) is 40.9 Å². The standard InChI is InChI=1S/C17H14BrNO2/c1-10-7-11(2)15-14(8-10)19(17(21)16(15)20)9-12-3-5-13(18)6-4-12/h3-8H,9H2,1-2H3. The molecule has 0 fully saturated rings. The van der Waals surface area contributed by atoms with Crippen LogP contribution in [0, 0.1) is 13.8 Å². The van der Waals surface area contributed by atoms with Gasteiger partial charge in [0.05, 0.1) is 17.8 Å². The molecule has 2 aromatic carbocycles. The molecule has 2 aromatic rings. The number of Topliss-reactive ketones (excluding diaryl/α,β-unsaturated/α-hetero) is 1. The van der Waals surface area contributed by atoms with Gasteiger partial charge in [-0.25, -0.2) is 0 Å². The number of benzene rings is 2. The average Bonchev–Trinajstić information content (AvgIpc) is 2.66. The number of rotatable bonds is 2. The molecule has 3 nitrogen and oxygen atoms in total. The van der Waals surface area contributed by atoms with Gasteiger partial charge in [-0.3, -0.25) is 9.59 Å². The quantitative estimate of drug-likeness (QED) is 0.778. The second kappa shape index (κ2) is 5.11. The molecule has 0 spiro atoms. The summed E-state index contributed by atoms with van der Waals surface area (Å²) in [7, 11) is 0. The fraction of sp³-hybridized carbons (Fsp3) is 0.176.